The average Bonchev–Trinajstić information content (AvgIpc) is 2.41. The van der Waals surface area contributed by atoms with Gasteiger partial charge in [0.1, 0.15) is 5.69 Å². The van der Waals surface area contributed by atoms with E-state index < -0.39 is 0 Å². The lowest BCUT2D eigenvalue weighted by Crippen LogP contribution is -2.06. The fourth-order valence-electron chi connectivity index (χ4n) is 2.43. The zero-order valence-corrected chi connectivity index (χ0v) is 11.3. The Labute approximate surface area is 113 Å². The predicted molar refractivity (Wildman–Crippen MR) is 77.5 cm³/mol. The molecule has 4 nitrogen and oxygen atoms in total. The van der Waals surface area contributed by atoms with Crippen LogP contribution in [-0.4, -0.2) is 11.5 Å². The third-order valence-electron chi connectivity index (χ3n) is 3.50. The molecular weight excluding hydrogens is 240 g/mol. The van der Waals surface area contributed by atoms with Crippen LogP contribution in [0, 0.1) is 17.0 Å². The van der Waals surface area contributed by atoms with Gasteiger partial charge in [-0.05, 0) is 50.7 Å². The van der Waals surface area contributed by atoms with Crippen molar-refractivity contribution in [1.29, 1.82) is 0 Å². The molecule has 0 amide bonds. The molecule has 0 bridgehead atoms. The minimum absolute atomic E-state index is 0.164. The summed E-state index contributed by atoms with van der Waals surface area (Å²) in [7, 11) is 0. The monoisotopic (exact) mass is 260 g/mol. The van der Waals surface area contributed by atoms with Crippen LogP contribution in [0.15, 0.2) is 29.8 Å². The van der Waals surface area contributed by atoms with Crippen LogP contribution in [0.4, 0.5) is 11.4 Å². The first kappa shape index (κ1) is 13.6. The molecule has 19 heavy (non-hydrogen) atoms. The summed E-state index contributed by atoms with van der Waals surface area (Å²) >= 11 is 0. The van der Waals surface area contributed by atoms with Crippen molar-refractivity contribution in [2.24, 2.45) is 0 Å². The smallest absolute Gasteiger partial charge is 0.292 e. The molecule has 102 valence electrons. The number of aryl methyl sites for hydroxylation is 1. The van der Waals surface area contributed by atoms with E-state index in [0.29, 0.717) is 5.69 Å². The third kappa shape index (κ3) is 3.81. The van der Waals surface area contributed by atoms with E-state index in [2.05, 4.69) is 11.4 Å². The number of nitrogens with one attached hydrogen (secondary N) is 1. The van der Waals surface area contributed by atoms with Crippen molar-refractivity contribution in [2.45, 2.75) is 39.0 Å². The van der Waals surface area contributed by atoms with Crippen molar-refractivity contribution in [1.82, 2.24) is 0 Å². The Balaban J connectivity index is 1.95. The standard InChI is InChI=1S/C15H20N2O2/c1-12-7-8-14(15(11-12)17(18)19)16-10-9-13-5-3-2-4-6-13/h5,7-8,11,16H,2-4,6,9-10H2,1H3. The molecule has 2 rings (SSSR count). The molecule has 0 aliphatic heterocycles. The Bertz CT molecular complexity index is 495. The first-order valence-electron chi connectivity index (χ1n) is 6.83. The first-order valence-corrected chi connectivity index (χ1v) is 6.83. The molecule has 1 aliphatic rings. The summed E-state index contributed by atoms with van der Waals surface area (Å²) in [6.45, 7) is 2.62. The highest BCUT2D eigenvalue weighted by Crippen LogP contribution is 2.26. The molecule has 0 heterocycles. The Kier molecular flexibility index (Phi) is 4.55. The van der Waals surface area contributed by atoms with Crippen LogP contribution >= 0.6 is 0 Å². The summed E-state index contributed by atoms with van der Waals surface area (Å²) < 4.78 is 0. The Morgan fingerprint density at radius 3 is 2.89 bits per heavy atom. The lowest BCUT2D eigenvalue weighted by molar-refractivity contribution is -0.384. The third-order valence-corrected chi connectivity index (χ3v) is 3.50. The van der Waals surface area contributed by atoms with Gasteiger partial charge in [-0.3, -0.25) is 10.1 Å². The van der Waals surface area contributed by atoms with E-state index in [1.807, 2.05) is 13.0 Å². The molecule has 0 aromatic heterocycles. The molecule has 0 spiro atoms. The van der Waals surface area contributed by atoms with Gasteiger partial charge in [0.05, 0.1) is 4.92 Å². The minimum Gasteiger partial charge on any atom is -0.379 e. The van der Waals surface area contributed by atoms with Crippen LogP contribution in [0.5, 0.6) is 0 Å². The van der Waals surface area contributed by atoms with Gasteiger partial charge in [0, 0.05) is 12.6 Å². The van der Waals surface area contributed by atoms with E-state index in [1.54, 1.807) is 12.1 Å². The molecule has 0 unspecified atom stereocenters. The molecule has 1 aromatic rings. The van der Waals surface area contributed by atoms with Crippen LogP contribution in [-0.2, 0) is 0 Å². The number of nitro benzene ring substituents is 1. The van der Waals surface area contributed by atoms with Crippen molar-refractivity contribution in [3.63, 3.8) is 0 Å². The number of benzene rings is 1. The number of nitrogens with zero attached hydrogens (tertiary/aromatic N) is 1. The van der Waals surface area contributed by atoms with Crippen LogP contribution in [0.25, 0.3) is 0 Å². The first-order chi connectivity index (χ1) is 9.16. The quantitative estimate of drug-likeness (QED) is 0.490. The molecule has 1 N–H and O–H groups in total. The number of rotatable bonds is 5. The second-order valence-corrected chi connectivity index (χ2v) is 5.06. The molecule has 0 saturated carbocycles. The molecule has 0 saturated heterocycles. The van der Waals surface area contributed by atoms with E-state index in [9.17, 15) is 10.1 Å². The Morgan fingerprint density at radius 2 is 2.21 bits per heavy atom. The van der Waals surface area contributed by atoms with Gasteiger partial charge < -0.3 is 5.32 Å². The lowest BCUT2D eigenvalue weighted by Gasteiger charge is -2.13. The zero-order valence-electron chi connectivity index (χ0n) is 11.3. The van der Waals surface area contributed by atoms with Gasteiger partial charge >= 0.3 is 0 Å². The fourth-order valence-corrected chi connectivity index (χ4v) is 2.43. The van der Waals surface area contributed by atoms with Crippen molar-refractivity contribution >= 4 is 11.4 Å². The van der Waals surface area contributed by atoms with Gasteiger partial charge in [-0.1, -0.05) is 17.7 Å². The van der Waals surface area contributed by atoms with Crippen LogP contribution in [0.2, 0.25) is 0 Å². The van der Waals surface area contributed by atoms with Gasteiger partial charge in [0.15, 0.2) is 0 Å². The van der Waals surface area contributed by atoms with E-state index in [4.69, 9.17) is 0 Å². The Hall–Kier alpha value is -1.84. The summed E-state index contributed by atoms with van der Waals surface area (Å²) in [4.78, 5) is 10.7. The molecule has 1 aromatic carbocycles. The van der Waals surface area contributed by atoms with Crippen molar-refractivity contribution < 1.29 is 4.92 Å². The van der Waals surface area contributed by atoms with Crippen molar-refractivity contribution in [2.75, 3.05) is 11.9 Å². The van der Waals surface area contributed by atoms with Crippen molar-refractivity contribution in [3.05, 3.63) is 45.5 Å². The summed E-state index contributed by atoms with van der Waals surface area (Å²) in [5.74, 6) is 0. The molecule has 1 aliphatic carbocycles. The highest BCUT2D eigenvalue weighted by atomic mass is 16.6. The van der Waals surface area contributed by atoms with Gasteiger partial charge in [0.25, 0.3) is 5.69 Å². The minimum atomic E-state index is -0.324. The number of hydrogen-bond acceptors (Lipinski definition) is 3. The normalized spacial score (nSPS) is 14.9. The number of allylic oxidation sites excluding steroid dienone is 1. The highest BCUT2D eigenvalue weighted by Gasteiger charge is 2.13. The number of hydrogen-bond donors (Lipinski definition) is 1. The zero-order chi connectivity index (χ0) is 13.7. The largest absolute Gasteiger partial charge is 0.379 e. The summed E-state index contributed by atoms with van der Waals surface area (Å²) in [5.41, 5.74) is 3.17. The lowest BCUT2D eigenvalue weighted by atomic mass is 9.97. The topological polar surface area (TPSA) is 55.2 Å². The van der Waals surface area contributed by atoms with Crippen LogP contribution in [0.3, 0.4) is 0 Å². The SMILES string of the molecule is Cc1ccc(NCCC2=CCCCC2)c([N+](=O)[O-])c1. The summed E-state index contributed by atoms with van der Waals surface area (Å²) in [5, 5.41) is 14.2. The van der Waals surface area contributed by atoms with E-state index in [-0.39, 0.29) is 10.6 Å². The average molecular weight is 260 g/mol. The molecule has 4 heteroatoms. The Morgan fingerprint density at radius 1 is 1.37 bits per heavy atom. The number of anilines is 1. The second kappa shape index (κ2) is 6.36. The number of nitro groups is 1. The maximum atomic E-state index is 11.0. The van der Waals surface area contributed by atoms with Gasteiger partial charge in [0.2, 0.25) is 0 Å². The van der Waals surface area contributed by atoms with E-state index in [0.717, 1.165) is 18.5 Å². The maximum Gasteiger partial charge on any atom is 0.292 e. The maximum absolute atomic E-state index is 11.0. The van der Waals surface area contributed by atoms with Gasteiger partial charge in [-0.25, -0.2) is 0 Å². The predicted octanol–water partition coefficient (Wildman–Crippen LogP) is 4.21. The molecular formula is C15H20N2O2. The van der Waals surface area contributed by atoms with Gasteiger partial charge in [-0.2, -0.15) is 0 Å². The molecule has 0 atom stereocenters. The van der Waals surface area contributed by atoms with Crippen LogP contribution in [0.1, 0.15) is 37.7 Å². The summed E-state index contributed by atoms with van der Waals surface area (Å²) in [6.07, 6.45) is 8.22. The second-order valence-electron chi connectivity index (χ2n) is 5.06. The molecule has 0 fully saturated rings. The van der Waals surface area contributed by atoms with Crippen LogP contribution < -0.4 is 5.32 Å². The van der Waals surface area contributed by atoms with Crippen molar-refractivity contribution in [3.8, 4) is 0 Å². The fraction of sp³-hybridized carbons (Fsp3) is 0.467. The molecule has 0 radical (unpaired) electrons. The van der Waals surface area contributed by atoms with E-state index >= 15 is 0 Å². The van der Waals surface area contributed by atoms with E-state index in [1.165, 1.54) is 31.3 Å². The summed E-state index contributed by atoms with van der Waals surface area (Å²) in [6, 6.07) is 5.31. The van der Waals surface area contributed by atoms with Gasteiger partial charge in [-0.15, -0.1) is 0 Å². The highest BCUT2D eigenvalue weighted by molar-refractivity contribution is 5.62.